The summed E-state index contributed by atoms with van der Waals surface area (Å²) in [5, 5.41) is 0. The standard InChI is InChI=1S/C22H26N2O5S/c1-14(2)17-8-5-7-15(3)22(17)23-30(27,28)19-13-16(11-12-18(19)29-4)24-20(25)9-6-10-21(24)26/h5,7-8,11-14,23H,6,9-10H2,1-4H3. The maximum absolute atomic E-state index is 13.3. The molecule has 1 aliphatic rings. The molecule has 7 nitrogen and oxygen atoms in total. The van der Waals surface area contributed by atoms with Crippen LogP contribution in [-0.2, 0) is 19.6 Å². The number of nitrogens with zero attached hydrogens (tertiary/aromatic N) is 1. The van der Waals surface area contributed by atoms with Crippen LogP contribution < -0.4 is 14.4 Å². The highest BCUT2D eigenvalue weighted by atomic mass is 32.2. The fourth-order valence-electron chi connectivity index (χ4n) is 3.56. The summed E-state index contributed by atoms with van der Waals surface area (Å²) in [5.41, 5.74) is 2.40. The lowest BCUT2D eigenvalue weighted by atomic mass is 9.99. The van der Waals surface area contributed by atoms with Crippen LogP contribution in [0.4, 0.5) is 11.4 Å². The molecule has 2 aromatic rings. The molecule has 0 unspecified atom stereocenters. The Morgan fingerprint density at radius 2 is 1.73 bits per heavy atom. The molecule has 1 saturated heterocycles. The van der Waals surface area contributed by atoms with E-state index in [0.29, 0.717) is 12.1 Å². The summed E-state index contributed by atoms with van der Waals surface area (Å²) in [4.78, 5) is 25.5. The number of ether oxygens (including phenoxy) is 1. The van der Waals surface area contributed by atoms with Gasteiger partial charge in [0.15, 0.2) is 0 Å². The topological polar surface area (TPSA) is 92.8 Å². The van der Waals surface area contributed by atoms with E-state index in [1.54, 1.807) is 0 Å². The van der Waals surface area contributed by atoms with E-state index in [2.05, 4.69) is 4.72 Å². The molecule has 1 aliphatic heterocycles. The van der Waals surface area contributed by atoms with Crippen molar-refractivity contribution in [2.75, 3.05) is 16.7 Å². The van der Waals surface area contributed by atoms with Crippen LogP contribution in [0.25, 0.3) is 0 Å². The van der Waals surface area contributed by atoms with Gasteiger partial charge >= 0.3 is 0 Å². The van der Waals surface area contributed by atoms with Gasteiger partial charge < -0.3 is 4.74 Å². The first-order chi connectivity index (χ1) is 14.2. The van der Waals surface area contributed by atoms with Gasteiger partial charge in [-0.1, -0.05) is 32.0 Å². The summed E-state index contributed by atoms with van der Waals surface area (Å²) in [7, 11) is -2.68. The van der Waals surface area contributed by atoms with Gasteiger partial charge in [0.2, 0.25) is 11.8 Å². The van der Waals surface area contributed by atoms with Crippen LogP contribution in [0.1, 0.15) is 50.2 Å². The number of carbonyl (C=O) groups excluding carboxylic acids is 2. The summed E-state index contributed by atoms with van der Waals surface area (Å²) >= 11 is 0. The molecule has 0 spiro atoms. The first-order valence-corrected chi connectivity index (χ1v) is 11.3. The first-order valence-electron chi connectivity index (χ1n) is 9.82. The minimum atomic E-state index is -4.05. The monoisotopic (exact) mass is 430 g/mol. The minimum Gasteiger partial charge on any atom is -0.495 e. The number of para-hydroxylation sites is 1. The summed E-state index contributed by atoms with van der Waals surface area (Å²) in [6, 6.07) is 9.90. The van der Waals surface area contributed by atoms with Gasteiger partial charge in [0, 0.05) is 12.8 Å². The molecule has 0 atom stereocenters. The average Bonchev–Trinajstić information content (AvgIpc) is 2.69. The molecule has 0 aromatic heterocycles. The Hall–Kier alpha value is -2.87. The van der Waals surface area contributed by atoms with Gasteiger partial charge in [-0.2, -0.15) is 0 Å². The largest absolute Gasteiger partial charge is 0.495 e. The Bertz CT molecular complexity index is 1080. The predicted octanol–water partition coefficient (Wildman–Crippen LogP) is 3.97. The van der Waals surface area contributed by atoms with Crippen molar-refractivity contribution in [1.29, 1.82) is 0 Å². The van der Waals surface area contributed by atoms with E-state index in [1.165, 1.54) is 25.3 Å². The Morgan fingerprint density at radius 1 is 1.07 bits per heavy atom. The van der Waals surface area contributed by atoms with Gasteiger partial charge in [-0.15, -0.1) is 0 Å². The highest BCUT2D eigenvalue weighted by Gasteiger charge is 2.30. The van der Waals surface area contributed by atoms with E-state index in [1.807, 2.05) is 39.0 Å². The molecule has 1 N–H and O–H groups in total. The molecule has 2 amide bonds. The number of anilines is 2. The number of sulfonamides is 1. The number of benzene rings is 2. The fraction of sp³-hybridized carbons (Fsp3) is 0.364. The first kappa shape index (κ1) is 21.8. The van der Waals surface area contributed by atoms with Crippen LogP contribution in [0, 0.1) is 6.92 Å². The highest BCUT2D eigenvalue weighted by molar-refractivity contribution is 7.92. The zero-order valence-electron chi connectivity index (χ0n) is 17.6. The lowest BCUT2D eigenvalue weighted by Gasteiger charge is -2.26. The molecule has 0 radical (unpaired) electrons. The zero-order valence-corrected chi connectivity index (χ0v) is 18.4. The van der Waals surface area contributed by atoms with Crippen molar-refractivity contribution in [2.45, 2.75) is 50.8 Å². The van der Waals surface area contributed by atoms with Crippen molar-refractivity contribution < 1.29 is 22.7 Å². The number of piperidine rings is 1. The van der Waals surface area contributed by atoms with Crippen molar-refractivity contribution in [2.24, 2.45) is 0 Å². The maximum Gasteiger partial charge on any atom is 0.265 e. The summed E-state index contributed by atoms with van der Waals surface area (Å²) in [5.74, 6) is -0.440. The van der Waals surface area contributed by atoms with Gasteiger partial charge in [0.25, 0.3) is 10.0 Å². The minimum absolute atomic E-state index is 0.111. The number of imide groups is 1. The van der Waals surface area contributed by atoms with Crippen LogP contribution in [-0.4, -0.2) is 27.3 Å². The molecule has 1 heterocycles. The molecule has 160 valence electrons. The third-order valence-corrected chi connectivity index (χ3v) is 6.51. The second kappa shape index (κ2) is 8.47. The normalized spacial score (nSPS) is 14.9. The fourth-order valence-corrected chi connectivity index (χ4v) is 4.91. The van der Waals surface area contributed by atoms with E-state index in [-0.39, 0.29) is 46.9 Å². The van der Waals surface area contributed by atoms with E-state index in [4.69, 9.17) is 4.74 Å². The molecule has 0 saturated carbocycles. The second-order valence-corrected chi connectivity index (χ2v) is 9.26. The van der Waals surface area contributed by atoms with Crippen molar-refractivity contribution >= 4 is 33.2 Å². The number of methoxy groups -OCH3 is 1. The highest BCUT2D eigenvalue weighted by Crippen LogP contribution is 2.34. The van der Waals surface area contributed by atoms with Crippen LogP contribution >= 0.6 is 0 Å². The van der Waals surface area contributed by atoms with E-state index < -0.39 is 10.0 Å². The number of hydrogen-bond donors (Lipinski definition) is 1. The van der Waals surface area contributed by atoms with Gasteiger partial charge in [0.05, 0.1) is 18.5 Å². The Morgan fingerprint density at radius 3 is 2.33 bits per heavy atom. The second-order valence-electron chi connectivity index (χ2n) is 7.61. The molecular formula is C22H26N2O5S. The third kappa shape index (κ3) is 4.18. The number of hydrogen-bond acceptors (Lipinski definition) is 5. The molecule has 2 aromatic carbocycles. The van der Waals surface area contributed by atoms with Crippen molar-refractivity contribution in [1.82, 2.24) is 0 Å². The average molecular weight is 431 g/mol. The molecule has 1 fully saturated rings. The number of amides is 2. The Kier molecular flexibility index (Phi) is 6.17. The van der Waals surface area contributed by atoms with Gasteiger partial charge in [0.1, 0.15) is 10.6 Å². The van der Waals surface area contributed by atoms with Crippen molar-refractivity contribution in [3.8, 4) is 5.75 Å². The lowest BCUT2D eigenvalue weighted by molar-refractivity contribution is -0.129. The third-order valence-electron chi connectivity index (χ3n) is 5.14. The van der Waals surface area contributed by atoms with Gasteiger partial charge in [-0.25, -0.2) is 8.42 Å². The van der Waals surface area contributed by atoms with Crippen molar-refractivity contribution in [3.05, 3.63) is 47.5 Å². The molecular weight excluding hydrogens is 404 g/mol. The van der Waals surface area contributed by atoms with Gasteiger partial charge in [-0.05, 0) is 48.6 Å². The number of carbonyl (C=O) groups is 2. The lowest BCUT2D eigenvalue weighted by Crippen LogP contribution is -2.40. The van der Waals surface area contributed by atoms with Crippen LogP contribution in [0.5, 0.6) is 5.75 Å². The summed E-state index contributed by atoms with van der Waals surface area (Å²) in [6.07, 6.45) is 1.00. The maximum atomic E-state index is 13.3. The summed E-state index contributed by atoms with van der Waals surface area (Å²) < 4.78 is 34.6. The van der Waals surface area contributed by atoms with E-state index in [0.717, 1.165) is 16.0 Å². The van der Waals surface area contributed by atoms with E-state index >= 15 is 0 Å². The Balaban J connectivity index is 2.08. The number of aryl methyl sites for hydroxylation is 1. The Labute approximate surface area is 177 Å². The molecule has 30 heavy (non-hydrogen) atoms. The smallest absolute Gasteiger partial charge is 0.265 e. The predicted molar refractivity (Wildman–Crippen MR) is 115 cm³/mol. The molecule has 3 rings (SSSR count). The number of rotatable bonds is 6. The van der Waals surface area contributed by atoms with Crippen LogP contribution in [0.15, 0.2) is 41.3 Å². The SMILES string of the molecule is COc1ccc(N2C(=O)CCCC2=O)cc1S(=O)(=O)Nc1c(C)cccc1C(C)C. The van der Waals surface area contributed by atoms with E-state index in [9.17, 15) is 18.0 Å². The van der Waals surface area contributed by atoms with Gasteiger partial charge in [-0.3, -0.25) is 19.2 Å². The quantitative estimate of drug-likeness (QED) is 0.700. The molecule has 8 heteroatoms. The number of nitrogens with one attached hydrogen (secondary N) is 1. The summed E-state index contributed by atoms with van der Waals surface area (Å²) in [6.45, 7) is 5.81. The van der Waals surface area contributed by atoms with Crippen LogP contribution in [0.2, 0.25) is 0 Å². The zero-order chi connectivity index (χ0) is 22.1. The van der Waals surface area contributed by atoms with Crippen LogP contribution in [0.3, 0.4) is 0 Å². The molecule has 0 aliphatic carbocycles. The molecule has 0 bridgehead atoms. The van der Waals surface area contributed by atoms with Crippen molar-refractivity contribution in [3.63, 3.8) is 0 Å².